The van der Waals surface area contributed by atoms with Crippen LogP contribution in [0.1, 0.15) is 17.4 Å². The topological polar surface area (TPSA) is 59.9 Å². The molecule has 102 valence electrons. The standard InChI is InChI=1S/C14H12BrN3O2/c1-2-20-14(19)11-7-12-13(17-11)16-8-18(12)10-5-3-9(15)4-6-10/h3-8,17H,2H2,1H3. The zero-order chi connectivity index (χ0) is 14.1. The van der Waals surface area contributed by atoms with Gasteiger partial charge in [0.2, 0.25) is 0 Å². The van der Waals surface area contributed by atoms with Crippen LogP contribution in [0.3, 0.4) is 0 Å². The molecule has 0 aliphatic rings. The lowest BCUT2D eigenvalue weighted by atomic mass is 10.3. The number of fused-ring (bicyclic) bond motifs is 1. The number of benzene rings is 1. The van der Waals surface area contributed by atoms with Crippen LogP contribution in [0.25, 0.3) is 16.9 Å². The molecule has 0 unspecified atom stereocenters. The van der Waals surface area contributed by atoms with E-state index in [9.17, 15) is 4.79 Å². The average molecular weight is 334 g/mol. The molecular formula is C14H12BrN3O2. The Morgan fingerprint density at radius 1 is 1.40 bits per heavy atom. The number of carbonyl (C=O) groups excluding carboxylic acids is 1. The zero-order valence-electron chi connectivity index (χ0n) is 10.8. The minimum Gasteiger partial charge on any atom is -0.461 e. The first-order valence-electron chi connectivity index (χ1n) is 6.18. The van der Waals surface area contributed by atoms with E-state index in [0.717, 1.165) is 15.7 Å². The number of imidazole rings is 1. The first-order valence-corrected chi connectivity index (χ1v) is 6.97. The number of aromatic nitrogens is 3. The molecule has 0 fully saturated rings. The third-order valence-electron chi connectivity index (χ3n) is 2.94. The summed E-state index contributed by atoms with van der Waals surface area (Å²) in [4.78, 5) is 18.9. The molecule has 6 heteroatoms. The Bertz CT molecular complexity index is 758. The smallest absolute Gasteiger partial charge is 0.354 e. The molecule has 1 aromatic carbocycles. The molecule has 0 atom stereocenters. The lowest BCUT2D eigenvalue weighted by Gasteiger charge is -2.02. The van der Waals surface area contributed by atoms with E-state index in [1.54, 1.807) is 19.3 Å². The maximum absolute atomic E-state index is 11.7. The van der Waals surface area contributed by atoms with Crippen LogP contribution in [0.5, 0.6) is 0 Å². The number of carbonyl (C=O) groups is 1. The number of esters is 1. The highest BCUT2D eigenvalue weighted by Gasteiger charge is 2.14. The Kier molecular flexibility index (Phi) is 3.31. The van der Waals surface area contributed by atoms with Crippen LogP contribution in [0.15, 0.2) is 41.1 Å². The molecular weight excluding hydrogens is 322 g/mol. The van der Waals surface area contributed by atoms with Crippen molar-refractivity contribution in [3.05, 3.63) is 46.8 Å². The molecule has 0 aliphatic heterocycles. The number of nitrogens with one attached hydrogen (secondary N) is 1. The minimum atomic E-state index is -0.368. The van der Waals surface area contributed by atoms with Gasteiger partial charge in [0.25, 0.3) is 0 Å². The summed E-state index contributed by atoms with van der Waals surface area (Å²) in [7, 11) is 0. The molecule has 20 heavy (non-hydrogen) atoms. The summed E-state index contributed by atoms with van der Waals surface area (Å²) >= 11 is 3.41. The molecule has 0 radical (unpaired) electrons. The Morgan fingerprint density at radius 3 is 2.85 bits per heavy atom. The first-order chi connectivity index (χ1) is 9.69. The van der Waals surface area contributed by atoms with Gasteiger partial charge in [-0.15, -0.1) is 0 Å². The maximum Gasteiger partial charge on any atom is 0.354 e. The van der Waals surface area contributed by atoms with Crippen molar-refractivity contribution in [2.45, 2.75) is 6.92 Å². The number of H-pyrrole nitrogens is 1. The Balaban J connectivity index is 2.04. The first kappa shape index (κ1) is 12.9. The van der Waals surface area contributed by atoms with Gasteiger partial charge in [0, 0.05) is 10.2 Å². The van der Waals surface area contributed by atoms with Crippen molar-refractivity contribution in [2.24, 2.45) is 0 Å². The van der Waals surface area contributed by atoms with Gasteiger partial charge >= 0.3 is 5.97 Å². The lowest BCUT2D eigenvalue weighted by Crippen LogP contribution is -2.04. The van der Waals surface area contributed by atoms with Crippen molar-refractivity contribution < 1.29 is 9.53 Å². The second-order valence-electron chi connectivity index (χ2n) is 4.23. The number of nitrogens with zero attached hydrogens (tertiary/aromatic N) is 2. The SMILES string of the molecule is CCOC(=O)c1cc2c(ncn2-c2ccc(Br)cc2)[nH]1. The Hall–Kier alpha value is -2.08. The molecule has 0 bridgehead atoms. The van der Waals surface area contributed by atoms with Gasteiger partial charge in [-0.2, -0.15) is 0 Å². The van der Waals surface area contributed by atoms with Crippen LogP contribution in [0, 0.1) is 0 Å². The highest BCUT2D eigenvalue weighted by Crippen LogP contribution is 2.21. The number of hydrogen-bond acceptors (Lipinski definition) is 3. The highest BCUT2D eigenvalue weighted by atomic mass is 79.9. The average Bonchev–Trinajstić information content (AvgIpc) is 3.00. The molecule has 1 N–H and O–H groups in total. The molecule has 3 aromatic rings. The maximum atomic E-state index is 11.7. The molecule has 0 spiro atoms. The van der Waals surface area contributed by atoms with Crippen LogP contribution < -0.4 is 0 Å². The molecule has 5 nitrogen and oxygen atoms in total. The van der Waals surface area contributed by atoms with Crippen LogP contribution in [0.2, 0.25) is 0 Å². The summed E-state index contributed by atoms with van der Waals surface area (Å²) in [6, 6.07) is 9.62. The largest absolute Gasteiger partial charge is 0.461 e. The van der Waals surface area contributed by atoms with Gasteiger partial charge in [0.1, 0.15) is 12.0 Å². The molecule has 3 rings (SSSR count). The van der Waals surface area contributed by atoms with E-state index >= 15 is 0 Å². The molecule has 0 amide bonds. The summed E-state index contributed by atoms with van der Waals surface area (Å²) in [5.41, 5.74) is 2.90. The number of hydrogen-bond donors (Lipinski definition) is 1. The third kappa shape index (κ3) is 2.22. The third-order valence-corrected chi connectivity index (χ3v) is 3.47. The van der Waals surface area contributed by atoms with Gasteiger partial charge in [-0.25, -0.2) is 9.78 Å². The molecule has 0 saturated heterocycles. The van der Waals surface area contributed by atoms with E-state index < -0.39 is 0 Å². The van der Waals surface area contributed by atoms with E-state index in [4.69, 9.17) is 4.74 Å². The highest BCUT2D eigenvalue weighted by molar-refractivity contribution is 9.10. The fourth-order valence-electron chi connectivity index (χ4n) is 2.02. The second kappa shape index (κ2) is 5.13. The lowest BCUT2D eigenvalue weighted by molar-refractivity contribution is 0.0520. The number of aromatic amines is 1. The van der Waals surface area contributed by atoms with E-state index in [1.165, 1.54) is 0 Å². The van der Waals surface area contributed by atoms with Gasteiger partial charge in [0.15, 0.2) is 5.65 Å². The zero-order valence-corrected chi connectivity index (χ0v) is 12.3. The van der Waals surface area contributed by atoms with Crippen molar-refractivity contribution in [1.82, 2.24) is 14.5 Å². The van der Waals surface area contributed by atoms with Crippen molar-refractivity contribution in [3.63, 3.8) is 0 Å². The van der Waals surface area contributed by atoms with Gasteiger partial charge in [-0.3, -0.25) is 4.57 Å². The van der Waals surface area contributed by atoms with Crippen LogP contribution in [0.4, 0.5) is 0 Å². The van der Waals surface area contributed by atoms with Gasteiger partial charge in [-0.05, 0) is 37.3 Å². The van der Waals surface area contributed by atoms with E-state index in [2.05, 4.69) is 25.9 Å². The van der Waals surface area contributed by atoms with Gasteiger partial charge in [-0.1, -0.05) is 15.9 Å². The quantitative estimate of drug-likeness (QED) is 0.748. The van der Waals surface area contributed by atoms with Crippen molar-refractivity contribution in [3.8, 4) is 5.69 Å². The number of halogens is 1. The summed E-state index contributed by atoms with van der Waals surface area (Å²) in [5, 5.41) is 0. The van der Waals surface area contributed by atoms with Crippen molar-refractivity contribution >= 4 is 33.1 Å². The monoisotopic (exact) mass is 333 g/mol. The molecule has 0 saturated carbocycles. The van der Waals surface area contributed by atoms with Crippen LogP contribution in [-0.4, -0.2) is 27.1 Å². The Morgan fingerprint density at radius 2 is 2.15 bits per heavy atom. The fraction of sp³-hybridized carbons (Fsp3) is 0.143. The van der Waals surface area contributed by atoms with Gasteiger partial charge in [0.05, 0.1) is 12.1 Å². The summed E-state index contributed by atoms with van der Waals surface area (Å²) in [6.07, 6.45) is 1.72. The minimum absolute atomic E-state index is 0.349. The molecule has 0 aliphatic carbocycles. The summed E-state index contributed by atoms with van der Waals surface area (Å²) < 4.78 is 7.91. The van der Waals surface area contributed by atoms with Crippen LogP contribution >= 0.6 is 15.9 Å². The molecule has 2 heterocycles. The Labute approximate surface area is 123 Å². The van der Waals surface area contributed by atoms with E-state index in [-0.39, 0.29) is 5.97 Å². The predicted molar refractivity (Wildman–Crippen MR) is 79.1 cm³/mol. The van der Waals surface area contributed by atoms with Crippen molar-refractivity contribution in [1.29, 1.82) is 0 Å². The predicted octanol–water partition coefficient (Wildman–Crippen LogP) is 3.29. The van der Waals surface area contributed by atoms with E-state index in [0.29, 0.717) is 17.9 Å². The summed E-state index contributed by atoms with van der Waals surface area (Å²) in [5.74, 6) is -0.368. The summed E-state index contributed by atoms with van der Waals surface area (Å²) in [6.45, 7) is 2.13. The number of ether oxygens (including phenoxy) is 1. The fourth-order valence-corrected chi connectivity index (χ4v) is 2.28. The van der Waals surface area contributed by atoms with Crippen LogP contribution in [-0.2, 0) is 4.74 Å². The normalized spacial score (nSPS) is 10.9. The molecule has 2 aromatic heterocycles. The van der Waals surface area contributed by atoms with Crippen molar-refractivity contribution in [2.75, 3.05) is 6.61 Å². The van der Waals surface area contributed by atoms with Gasteiger partial charge < -0.3 is 9.72 Å². The van der Waals surface area contributed by atoms with E-state index in [1.807, 2.05) is 28.8 Å². The second-order valence-corrected chi connectivity index (χ2v) is 5.14. The number of rotatable bonds is 3.